The maximum absolute atomic E-state index is 5.47. The van der Waals surface area contributed by atoms with Gasteiger partial charge in [0.25, 0.3) is 0 Å². The molecule has 1 atom stereocenters. The third-order valence-corrected chi connectivity index (χ3v) is 4.62. The number of hydrogen-bond acceptors (Lipinski definition) is 6. The van der Waals surface area contributed by atoms with Crippen LogP contribution in [0.25, 0.3) is 0 Å². The van der Waals surface area contributed by atoms with E-state index in [9.17, 15) is 0 Å². The summed E-state index contributed by atoms with van der Waals surface area (Å²) < 4.78 is 21.4. The van der Waals surface area contributed by atoms with Crippen LogP contribution in [0.5, 0.6) is 0 Å². The van der Waals surface area contributed by atoms with Gasteiger partial charge in [0.1, 0.15) is 0 Å². The van der Waals surface area contributed by atoms with Crippen LogP contribution in [0.4, 0.5) is 0 Å². The summed E-state index contributed by atoms with van der Waals surface area (Å²) in [6.45, 7) is 24.1. The van der Waals surface area contributed by atoms with Gasteiger partial charge >= 0.3 is 0 Å². The second kappa shape index (κ2) is 20.0. The lowest BCUT2D eigenvalue weighted by molar-refractivity contribution is -0.00418. The highest BCUT2D eigenvalue weighted by molar-refractivity contribution is 4.70. The van der Waals surface area contributed by atoms with Crippen molar-refractivity contribution in [1.82, 2.24) is 9.80 Å². The minimum absolute atomic E-state index is 0.365. The summed E-state index contributed by atoms with van der Waals surface area (Å²) in [5.41, 5.74) is 0. The molecule has 2 heterocycles. The monoisotopic (exact) mass is 404 g/mol. The Kier molecular flexibility index (Phi) is 19.9. The molecule has 6 nitrogen and oxygen atoms in total. The first-order chi connectivity index (χ1) is 13.6. The maximum Gasteiger partial charge on any atom is 0.0619 e. The van der Waals surface area contributed by atoms with Crippen LogP contribution in [0, 0.1) is 0 Å². The molecule has 170 valence electrons. The van der Waals surface area contributed by atoms with Crippen LogP contribution in [0.1, 0.15) is 54.4 Å². The molecule has 0 N–H and O–H groups in total. The lowest BCUT2D eigenvalue weighted by Crippen LogP contribution is -2.44. The van der Waals surface area contributed by atoms with Gasteiger partial charge in [0, 0.05) is 58.6 Å². The Morgan fingerprint density at radius 1 is 0.929 bits per heavy atom. The van der Waals surface area contributed by atoms with Crippen LogP contribution in [-0.2, 0) is 18.9 Å². The van der Waals surface area contributed by atoms with E-state index in [1.165, 1.54) is 0 Å². The Balaban J connectivity index is 0.000000478. The fraction of sp³-hybridized carbons (Fsp3) is 1.00. The van der Waals surface area contributed by atoms with Crippen molar-refractivity contribution < 1.29 is 18.9 Å². The molecule has 0 bridgehead atoms. The highest BCUT2D eigenvalue weighted by Gasteiger charge is 2.17. The van der Waals surface area contributed by atoms with E-state index < -0.39 is 0 Å². The first kappa shape index (κ1) is 27.8. The summed E-state index contributed by atoms with van der Waals surface area (Å²) in [4.78, 5) is 4.91. The Hall–Kier alpha value is -0.240. The average molecular weight is 405 g/mol. The number of hydrogen-bond donors (Lipinski definition) is 0. The molecular weight excluding hydrogens is 356 g/mol. The lowest BCUT2D eigenvalue weighted by atomic mass is 10.2. The largest absolute Gasteiger partial charge is 0.382 e. The van der Waals surface area contributed by atoms with Gasteiger partial charge in [-0.25, -0.2) is 0 Å². The summed E-state index contributed by atoms with van der Waals surface area (Å²) in [5, 5.41) is 0. The molecule has 28 heavy (non-hydrogen) atoms. The molecule has 2 rings (SSSR count). The Morgan fingerprint density at radius 2 is 1.57 bits per heavy atom. The molecule has 2 aliphatic heterocycles. The molecule has 2 saturated heterocycles. The van der Waals surface area contributed by atoms with Gasteiger partial charge in [-0.1, -0.05) is 13.8 Å². The summed E-state index contributed by atoms with van der Waals surface area (Å²) in [5.74, 6) is 0. The molecule has 0 saturated carbocycles. The normalized spacial score (nSPS) is 20.9. The van der Waals surface area contributed by atoms with Gasteiger partial charge in [-0.3, -0.25) is 9.80 Å². The summed E-state index contributed by atoms with van der Waals surface area (Å²) in [6.07, 6.45) is 2.64. The summed E-state index contributed by atoms with van der Waals surface area (Å²) in [6, 6.07) is 0.579. The van der Waals surface area contributed by atoms with Crippen LogP contribution < -0.4 is 0 Å². The quantitative estimate of drug-likeness (QED) is 0.521. The number of nitrogens with zero attached hydrogens (tertiary/aromatic N) is 2. The van der Waals surface area contributed by atoms with Crippen molar-refractivity contribution in [2.24, 2.45) is 0 Å². The van der Waals surface area contributed by atoms with E-state index in [2.05, 4.69) is 30.6 Å². The van der Waals surface area contributed by atoms with Crippen LogP contribution in [-0.4, -0.2) is 101 Å². The minimum Gasteiger partial charge on any atom is -0.382 e. The van der Waals surface area contributed by atoms with Crippen LogP contribution in [0.2, 0.25) is 0 Å². The molecule has 0 aromatic heterocycles. The molecule has 0 aromatic carbocycles. The van der Waals surface area contributed by atoms with Gasteiger partial charge in [-0.15, -0.1) is 0 Å². The van der Waals surface area contributed by atoms with Gasteiger partial charge in [0.2, 0.25) is 0 Å². The smallest absolute Gasteiger partial charge is 0.0619 e. The van der Waals surface area contributed by atoms with E-state index in [0.29, 0.717) is 12.1 Å². The summed E-state index contributed by atoms with van der Waals surface area (Å²) >= 11 is 0. The highest BCUT2D eigenvalue weighted by atomic mass is 16.5. The van der Waals surface area contributed by atoms with E-state index in [1.54, 1.807) is 0 Å². The average Bonchev–Trinajstić information content (AvgIpc) is 2.72. The van der Waals surface area contributed by atoms with Gasteiger partial charge in [-0.05, 0) is 40.5 Å². The lowest BCUT2D eigenvalue weighted by Gasteiger charge is -2.33. The van der Waals surface area contributed by atoms with Gasteiger partial charge in [-0.2, -0.15) is 0 Å². The fourth-order valence-corrected chi connectivity index (χ4v) is 3.04. The Morgan fingerprint density at radius 3 is 2.18 bits per heavy atom. The fourth-order valence-electron chi connectivity index (χ4n) is 3.04. The minimum atomic E-state index is 0.365. The van der Waals surface area contributed by atoms with Gasteiger partial charge < -0.3 is 18.9 Å². The second-order valence-electron chi connectivity index (χ2n) is 7.24. The SMILES string of the molecule is CC.CC(C)OCCCN1CCOCC1.CCOCCCN1CCOC[C@H]1C. The van der Waals surface area contributed by atoms with Gasteiger partial charge in [0.05, 0.1) is 32.5 Å². The molecule has 2 fully saturated rings. The van der Waals surface area contributed by atoms with E-state index in [0.717, 1.165) is 91.8 Å². The van der Waals surface area contributed by atoms with Crippen LogP contribution in [0.15, 0.2) is 0 Å². The zero-order valence-electron chi connectivity index (χ0n) is 19.6. The van der Waals surface area contributed by atoms with E-state index in [1.807, 2.05) is 20.8 Å². The van der Waals surface area contributed by atoms with Crippen LogP contribution in [0.3, 0.4) is 0 Å². The number of morpholine rings is 2. The predicted octanol–water partition coefficient (Wildman–Crippen LogP) is 3.29. The molecule has 0 aliphatic carbocycles. The first-order valence-corrected chi connectivity index (χ1v) is 11.4. The third-order valence-electron chi connectivity index (χ3n) is 4.62. The number of rotatable bonds is 10. The predicted molar refractivity (Wildman–Crippen MR) is 117 cm³/mol. The Bertz CT molecular complexity index is 313. The molecule has 0 unspecified atom stereocenters. The van der Waals surface area contributed by atoms with E-state index in [4.69, 9.17) is 18.9 Å². The molecule has 0 aromatic rings. The molecule has 0 radical (unpaired) electrons. The summed E-state index contributed by atoms with van der Waals surface area (Å²) in [7, 11) is 0. The van der Waals surface area contributed by atoms with E-state index in [-0.39, 0.29) is 0 Å². The molecule has 0 spiro atoms. The Labute approximate surface area is 174 Å². The number of ether oxygens (including phenoxy) is 4. The van der Waals surface area contributed by atoms with Crippen molar-refractivity contribution in [3.63, 3.8) is 0 Å². The van der Waals surface area contributed by atoms with Crippen molar-refractivity contribution >= 4 is 0 Å². The van der Waals surface area contributed by atoms with Crippen molar-refractivity contribution in [3.8, 4) is 0 Å². The zero-order chi connectivity index (χ0) is 21.0. The van der Waals surface area contributed by atoms with Crippen molar-refractivity contribution in [2.45, 2.75) is 66.5 Å². The first-order valence-electron chi connectivity index (χ1n) is 11.4. The molecular formula is C22H48N2O4. The van der Waals surface area contributed by atoms with Crippen molar-refractivity contribution in [2.75, 3.05) is 79.0 Å². The van der Waals surface area contributed by atoms with Gasteiger partial charge in [0.15, 0.2) is 0 Å². The standard InChI is InChI=1S/2C10H21NO2.C2H6/c1-10(2)13-7-3-4-11-5-8-12-9-6-11;1-3-12-7-4-5-11-6-8-13-9-10(11)2;1-2/h2*10H,3-9H2,1-2H3;1-2H3/t;10-;/m.1./s1. The second-order valence-corrected chi connectivity index (χ2v) is 7.24. The zero-order valence-corrected chi connectivity index (χ0v) is 19.6. The molecule has 6 heteroatoms. The molecule has 0 amide bonds. The van der Waals surface area contributed by atoms with E-state index >= 15 is 0 Å². The van der Waals surface area contributed by atoms with Crippen molar-refractivity contribution in [1.29, 1.82) is 0 Å². The maximum atomic E-state index is 5.47. The third kappa shape index (κ3) is 15.7. The molecule has 2 aliphatic rings. The highest BCUT2D eigenvalue weighted by Crippen LogP contribution is 2.06. The van der Waals surface area contributed by atoms with Crippen molar-refractivity contribution in [3.05, 3.63) is 0 Å². The topological polar surface area (TPSA) is 43.4 Å². The van der Waals surface area contributed by atoms with Crippen LogP contribution >= 0.6 is 0 Å².